The van der Waals surface area contributed by atoms with Crippen molar-refractivity contribution in [2.24, 2.45) is 10.4 Å². The number of benzene rings is 1. The molecular formula is C26H25Cl2N3O4. The summed E-state index contributed by atoms with van der Waals surface area (Å²) in [5.74, 6) is -1.09. The van der Waals surface area contributed by atoms with Crippen LogP contribution in [0.5, 0.6) is 0 Å². The van der Waals surface area contributed by atoms with Gasteiger partial charge in [0.1, 0.15) is 5.78 Å². The van der Waals surface area contributed by atoms with Crippen LogP contribution in [-0.4, -0.2) is 46.0 Å². The molecule has 3 aliphatic rings. The predicted molar refractivity (Wildman–Crippen MR) is 134 cm³/mol. The van der Waals surface area contributed by atoms with Crippen LogP contribution >= 0.6 is 23.2 Å². The molecule has 5 rings (SSSR count). The number of Topliss-reactive ketones (excluding diaryl/α,β-unsaturated/α-hetero) is 1. The van der Waals surface area contributed by atoms with Gasteiger partial charge in [0, 0.05) is 43.2 Å². The van der Waals surface area contributed by atoms with Gasteiger partial charge < -0.3 is 10.0 Å². The number of carbonyl (C=O) groups is 3. The van der Waals surface area contributed by atoms with Gasteiger partial charge in [0.2, 0.25) is 0 Å². The summed E-state index contributed by atoms with van der Waals surface area (Å²) < 4.78 is 0. The highest BCUT2D eigenvalue weighted by Gasteiger charge is 2.52. The molecule has 2 fully saturated rings. The van der Waals surface area contributed by atoms with E-state index in [1.807, 2.05) is 18.2 Å². The summed E-state index contributed by atoms with van der Waals surface area (Å²) in [7, 11) is 0. The minimum absolute atomic E-state index is 0.196. The Kier molecular flexibility index (Phi) is 6.40. The Morgan fingerprint density at radius 2 is 1.86 bits per heavy atom. The van der Waals surface area contributed by atoms with Crippen molar-refractivity contribution in [1.82, 2.24) is 4.98 Å². The molecule has 1 atom stereocenters. The van der Waals surface area contributed by atoms with Crippen LogP contribution in [0.3, 0.4) is 0 Å². The first-order chi connectivity index (χ1) is 16.8. The van der Waals surface area contributed by atoms with Crippen LogP contribution < -0.4 is 4.90 Å². The number of aliphatic carboxylic acids is 1. The topological polar surface area (TPSA) is 99.9 Å². The first-order valence-electron chi connectivity index (χ1n) is 11.9. The quantitative estimate of drug-likeness (QED) is 0.609. The monoisotopic (exact) mass is 513 g/mol. The van der Waals surface area contributed by atoms with E-state index in [2.05, 4.69) is 9.98 Å². The zero-order valence-electron chi connectivity index (χ0n) is 19.1. The van der Waals surface area contributed by atoms with E-state index in [0.29, 0.717) is 13.0 Å². The lowest BCUT2D eigenvalue weighted by atomic mass is 9.58. The Bertz CT molecular complexity index is 1230. The lowest BCUT2D eigenvalue weighted by Crippen LogP contribution is -2.52. The van der Waals surface area contributed by atoms with Crippen molar-refractivity contribution in [3.8, 4) is 0 Å². The molecule has 1 spiro atoms. The minimum Gasteiger partial charge on any atom is -0.480 e. The molecule has 0 bridgehead atoms. The molecule has 2 aliphatic carbocycles. The number of pyridine rings is 1. The summed E-state index contributed by atoms with van der Waals surface area (Å²) in [5.41, 5.74) is 3.01. The average molecular weight is 514 g/mol. The predicted octanol–water partition coefficient (Wildman–Crippen LogP) is 4.95. The third kappa shape index (κ3) is 4.25. The van der Waals surface area contributed by atoms with Crippen molar-refractivity contribution >= 4 is 52.3 Å². The SMILES string of the molecule is O=C(O)C(Cc1ccc2c(c1)CCN2C(=O)c1c(Cl)cncc1Cl)N=C1CC(=O)C12CCCCC2. The molecule has 2 aromatic rings. The van der Waals surface area contributed by atoms with E-state index in [1.165, 1.54) is 12.4 Å². The molecule has 2 heterocycles. The van der Waals surface area contributed by atoms with Crippen molar-refractivity contribution in [1.29, 1.82) is 0 Å². The first-order valence-corrected chi connectivity index (χ1v) is 12.6. The molecule has 9 heteroatoms. The third-order valence-electron chi connectivity index (χ3n) is 7.50. The van der Waals surface area contributed by atoms with Crippen molar-refractivity contribution in [3.05, 3.63) is 57.3 Å². The van der Waals surface area contributed by atoms with Gasteiger partial charge in [-0.15, -0.1) is 0 Å². The highest BCUT2D eigenvalue weighted by Crippen LogP contribution is 2.47. The van der Waals surface area contributed by atoms with Gasteiger partial charge in [-0.2, -0.15) is 0 Å². The number of aromatic nitrogens is 1. The largest absolute Gasteiger partial charge is 0.480 e. The molecule has 1 aromatic heterocycles. The maximum Gasteiger partial charge on any atom is 0.328 e. The molecule has 35 heavy (non-hydrogen) atoms. The fourth-order valence-electron chi connectivity index (χ4n) is 5.58. The molecule has 7 nitrogen and oxygen atoms in total. The zero-order valence-corrected chi connectivity index (χ0v) is 20.6. The molecular weight excluding hydrogens is 489 g/mol. The van der Waals surface area contributed by atoms with Crippen molar-refractivity contribution in [2.45, 2.75) is 57.4 Å². The van der Waals surface area contributed by atoms with Crippen molar-refractivity contribution in [2.75, 3.05) is 11.4 Å². The summed E-state index contributed by atoms with van der Waals surface area (Å²) >= 11 is 12.4. The van der Waals surface area contributed by atoms with Crippen molar-refractivity contribution in [3.63, 3.8) is 0 Å². The van der Waals surface area contributed by atoms with Gasteiger partial charge >= 0.3 is 5.97 Å². The Morgan fingerprint density at radius 1 is 1.14 bits per heavy atom. The molecule has 0 saturated heterocycles. The number of fused-ring (bicyclic) bond motifs is 1. The Morgan fingerprint density at radius 3 is 2.51 bits per heavy atom. The Hall–Kier alpha value is -2.77. The molecule has 1 unspecified atom stereocenters. The van der Waals surface area contributed by atoms with Gasteiger partial charge in [-0.3, -0.25) is 19.6 Å². The summed E-state index contributed by atoms with van der Waals surface area (Å²) in [5, 5.41) is 10.3. The summed E-state index contributed by atoms with van der Waals surface area (Å²) in [4.78, 5) is 47.7. The van der Waals surface area contributed by atoms with Gasteiger partial charge in [-0.25, -0.2) is 4.79 Å². The fraction of sp³-hybridized carbons (Fsp3) is 0.423. The number of amides is 1. The number of halogens is 2. The van der Waals surface area contributed by atoms with Crippen LogP contribution in [0.4, 0.5) is 5.69 Å². The first kappa shape index (κ1) is 23.9. The second kappa shape index (κ2) is 9.36. The number of rotatable bonds is 5. The second-order valence-electron chi connectivity index (χ2n) is 9.52. The maximum absolute atomic E-state index is 13.1. The molecule has 1 aromatic carbocycles. The van der Waals surface area contributed by atoms with Gasteiger partial charge in [0.05, 0.1) is 21.0 Å². The Balaban J connectivity index is 1.36. The van der Waals surface area contributed by atoms with Gasteiger partial charge in [0.25, 0.3) is 5.91 Å². The Labute approximate surface area is 213 Å². The summed E-state index contributed by atoms with van der Waals surface area (Å²) in [6.45, 7) is 0.474. The average Bonchev–Trinajstić information content (AvgIpc) is 3.26. The summed E-state index contributed by atoms with van der Waals surface area (Å²) in [6.07, 6.45) is 8.56. The van der Waals surface area contributed by atoms with Crippen LogP contribution in [0.15, 0.2) is 35.6 Å². The lowest BCUT2D eigenvalue weighted by Gasteiger charge is -2.44. The van der Waals surface area contributed by atoms with Gasteiger partial charge in [-0.05, 0) is 36.5 Å². The number of nitrogens with zero attached hydrogens (tertiary/aromatic N) is 3. The van der Waals surface area contributed by atoms with E-state index in [4.69, 9.17) is 23.2 Å². The standard InChI is InChI=1S/C26H25Cl2N3O4/c27-17-13-29-14-18(28)23(17)24(33)31-9-6-16-10-15(4-5-20(16)31)11-19(25(34)35)30-21-12-22(32)26(21)7-2-1-3-8-26/h4-5,10,13-14,19H,1-3,6-9,11-12H2,(H,34,35). The van der Waals surface area contributed by atoms with Crippen LogP contribution in [0.1, 0.15) is 60.0 Å². The number of hydrogen-bond donors (Lipinski definition) is 1. The number of carboxylic acids is 1. The van der Waals surface area contributed by atoms with E-state index >= 15 is 0 Å². The van der Waals surface area contributed by atoms with Crippen molar-refractivity contribution < 1.29 is 19.5 Å². The maximum atomic E-state index is 13.1. The number of ketones is 1. The molecule has 182 valence electrons. The smallest absolute Gasteiger partial charge is 0.328 e. The van der Waals surface area contributed by atoms with E-state index < -0.39 is 17.4 Å². The zero-order chi connectivity index (χ0) is 24.7. The number of carbonyl (C=O) groups excluding carboxylic acids is 2. The van der Waals surface area contributed by atoms with E-state index in [-0.39, 0.29) is 40.1 Å². The third-order valence-corrected chi connectivity index (χ3v) is 8.07. The number of aliphatic imine (C=N–C) groups is 1. The van der Waals surface area contributed by atoms with Crippen LogP contribution in [0, 0.1) is 5.41 Å². The van der Waals surface area contributed by atoms with Gasteiger partial charge in [0.15, 0.2) is 6.04 Å². The minimum atomic E-state index is -0.998. The van der Waals surface area contributed by atoms with E-state index in [9.17, 15) is 19.5 Å². The normalized spacial score (nSPS) is 20.6. The second-order valence-corrected chi connectivity index (χ2v) is 10.3. The van der Waals surface area contributed by atoms with Gasteiger partial charge in [-0.1, -0.05) is 54.6 Å². The molecule has 0 radical (unpaired) electrons. The number of carboxylic acid groups (broad SMARTS) is 1. The molecule has 1 N–H and O–H groups in total. The highest BCUT2D eigenvalue weighted by molar-refractivity contribution is 6.40. The van der Waals surface area contributed by atoms with Crippen LogP contribution in [-0.2, 0) is 22.4 Å². The summed E-state index contributed by atoms with van der Waals surface area (Å²) in [6, 6.07) is 4.67. The van der Waals surface area contributed by atoms with E-state index in [1.54, 1.807) is 4.90 Å². The number of hydrogen-bond acceptors (Lipinski definition) is 5. The lowest BCUT2D eigenvalue weighted by molar-refractivity contribution is -0.138. The van der Waals surface area contributed by atoms with E-state index in [0.717, 1.165) is 54.6 Å². The highest BCUT2D eigenvalue weighted by atomic mass is 35.5. The van der Waals surface area contributed by atoms with Crippen LogP contribution in [0.25, 0.3) is 0 Å². The molecule has 2 saturated carbocycles. The molecule has 1 aliphatic heterocycles. The van der Waals surface area contributed by atoms with Crippen LogP contribution in [0.2, 0.25) is 10.0 Å². The molecule has 1 amide bonds. The number of anilines is 1. The fourth-order valence-corrected chi connectivity index (χ4v) is 6.11.